The third-order valence-corrected chi connectivity index (χ3v) is 3.30. The molecule has 0 bridgehead atoms. The molecule has 1 aromatic rings. The molecule has 0 amide bonds. The number of unbranched alkanes of at least 4 members (excludes halogenated alkanes) is 1. The Bertz CT molecular complexity index is 315. The number of nitrogens with two attached hydrogens (primary N) is 1. The molecule has 3 heteroatoms. The molecule has 3 N–H and O–H groups in total. The Labute approximate surface area is 104 Å². The Kier molecular flexibility index (Phi) is 4.68. The van der Waals surface area contributed by atoms with Gasteiger partial charge in [-0.25, -0.2) is 0 Å². The van der Waals surface area contributed by atoms with Gasteiger partial charge in [-0.2, -0.15) is 0 Å². The second-order valence-corrected chi connectivity index (χ2v) is 4.66. The van der Waals surface area contributed by atoms with Crippen LogP contribution in [0.25, 0.3) is 0 Å². The van der Waals surface area contributed by atoms with E-state index in [0.29, 0.717) is 0 Å². The van der Waals surface area contributed by atoms with E-state index in [0.717, 1.165) is 25.9 Å². The fourth-order valence-electron chi connectivity index (χ4n) is 2.27. The van der Waals surface area contributed by atoms with Crippen molar-refractivity contribution in [1.29, 1.82) is 0 Å². The molecule has 3 nitrogen and oxygen atoms in total. The molecule has 1 aromatic carbocycles. The van der Waals surface area contributed by atoms with Crippen LogP contribution in [0.5, 0.6) is 0 Å². The summed E-state index contributed by atoms with van der Waals surface area (Å²) in [5.41, 5.74) is 8.03. The summed E-state index contributed by atoms with van der Waals surface area (Å²) in [7, 11) is 0. The average Bonchev–Trinajstić information content (AvgIpc) is 2.89. The maximum Gasteiger partial charge on any atom is 0.0367 e. The van der Waals surface area contributed by atoms with E-state index in [4.69, 9.17) is 5.73 Å². The summed E-state index contributed by atoms with van der Waals surface area (Å²) in [6, 6.07) is 8.79. The molecule has 0 saturated carbocycles. The predicted octanol–water partition coefficient (Wildman–Crippen LogP) is 2.44. The first-order valence-corrected chi connectivity index (χ1v) is 6.69. The van der Waals surface area contributed by atoms with Gasteiger partial charge >= 0.3 is 0 Å². The molecule has 1 fully saturated rings. The Hall–Kier alpha value is -1.22. The molecule has 94 valence electrons. The summed E-state index contributed by atoms with van der Waals surface area (Å²) in [5, 5.41) is 3.42. The van der Waals surface area contributed by atoms with E-state index < -0.39 is 0 Å². The number of benzene rings is 1. The lowest BCUT2D eigenvalue weighted by Gasteiger charge is -2.18. The van der Waals surface area contributed by atoms with Gasteiger partial charge in [-0.3, -0.25) is 0 Å². The van der Waals surface area contributed by atoms with Crippen molar-refractivity contribution in [1.82, 2.24) is 0 Å². The second-order valence-electron chi connectivity index (χ2n) is 4.66. The average molecular weight is 233 g/mol. The normalized spacial score (nSPS) is 15.2. The molecule has 0 radical (unpaired) electrons. The van der Waals surface area contributed by atoms with Crippen molar-refractivity contribution >= 4 is 11.4 Å². The van der Waals surface area contributed by atoms with Crippen LogP contribution in [-0.4, -0.2) is 26.2 Å². The van der Waals surface area contributed by atoms with E-state index >= 15 is 0 Å². The van der Waals surface area contributed by atoms with Crippen LogP contribution >= 0.6 is 0 Å². The van der Waals surface area contributed by atoms with Crippen molar-refractivity contribution < 1.29 is 0 Å². The van der Waals surface area contributed by atoms with Crippen LogP contribution in [0.2, 0.25) is 0 Å². The van der Waals surface area contributed by atoms with Crippen LogP contribution in [0.3, 0.4) is 0 Å². The highest BCUT2D eigenvalue weighted by Crippen LogP contribution is 2.21. The number of anilines is 2. The number of rotatable bonds is 6. The lowest BCUT2D eigenvalue weighted by molar-refractivity contribution is 0.774. The number of hydrogen-bond acceptors (Lipinski definition) is 3. The summed E-state index contributed by atoms with van der Waals surface area (Å²) in [4.78, 5) is 2.46. The fraction of sp³-hybridized carbons (Fsp3) is 0.571. The highest BCUT2D eigenvalue weighted by atomic mass is 15.1. The van der Waals surface area contributed by atoms with E-state index in [-0.39, 0.29) is 0 Å². The van der Waals surface area contributed by atoms with Gasteiger partial charge in [0.15, 0.2) is 0 Å². The smallest absolute Gasteiger partial charge is 0.0367 e. The SMILES string of the molecule is NCCCCNc1ccc(N2CCCC2)cc1. The van der Waals surface area contributed by atoms with Crippen LogP contribution in [-0.2, 0) is 0 Å². The zero-order chi connectivity index (χ0) is 11.9. The van der Waals surface area contributed by atoms with Crippen LogP contribution in [0.4, 0.5) is 11.4 Å². The number of nitrogens with zero attached hydrogens (tertiary/aromatic N) is 1. The van der Waals surface area contributed by atoms with Crippen molar-refractivity contribution in [2.45, 2.75) is 25.7 Å². The van der Waals surface area contributed by atoms with Gasteiger partial charge in [0.05, 0.1) is 0 Å². The lowest BCUT2D eigenvalue weighted by atomic mass is 10.2. The molecule has 1 heterocycles. The largest absolute Gasteiger partial charge is 0.385 e. The first-order valence-electron chi connectivity index (χ1n) is 6.69. The highest BCUT2D eigenvalue weighted by molar-refractivity contribution is 5.55. The monoisotopic (exact) mass is 233 g/mol. The van der Waals surface area contributed by atoms with E-state index in [9.17, 15) is 0 Å². The summed E-state index contributed by atoms with van der Waals surface area (Å²) in [5.74, 6) is 0. The van der Waals surface area contributed by atoms with Crippen LogP contribution in [0, 0.1) is 0 Å². The first-order chi connectivity index (χ1) is 8.40. The Morgan fingerprint density at radius 3 is 2.41 bits per heavy atom. The minimum absolute atomic E-state index is 0.787. The highest BCUT2D eigenvalue weighted by Gasteiger charge is 2.11. The molecule has 0 spiro atoms. The van der Waals surface area contributed by atoms with Crippen LogP contribution in [0.15, 0.2) is 24.3 Å². The van der Waals surface area contributed by atoms with Gasteiger partial charge in [0.1, 0.15) is 0 Å². The van der Waals surface area contributed by atoms with Crippen molar-refractivity contribution in [3.63, 3.8) is 0 Å². The van der Waals surface area contributed by atoms with Crippen molar-refractivity contribution in [3.05, 3.63) is 24.3 Å². The van der Waals surface area contributed by atoms with Gasteiger partial charge in [0.2, 0.25) is 0 Å². The maximum atomic E-state index is 5.46. The standard InChI is InChI=1S/C14H23N3/c15-9-1-2-10-16-13-5-7-14(8-6-13)17-11-3-4-12-17/h5-8,16H,1-4,9-12,15H2. The summed E-state index contributed by atoms with van der Waals surface area (Å²) >= 11 is 0. The summed E-state index contributed by atoms with van der Waals surface area (Å²) in [6.45, 7) is 4.22. The molecule has 0 atom stereocenters. The zero-order valence-electron chi connectivity index (χ0n) is 10.5. The van der Waals surface area contributed by atoms with Gasteiger partial charge in [-0.05, 0) is 56.5 Å². The molecule has 1 saturated heterocycles. The molecule has 1 aliphatic heterocycles. The quantitative estimate of drug-likeness (QED) is 0.742. The van der Waals surface area contributed by atoms with E-state index in [1.807, 2.05) is 0 Å². The number of nitrogens with one attached hydrogen (secondary N) is 1. The van der Waals surface area contributed by atoms with Crippen molar-refractivity contribution in [3.8, 4) is 0 Å². The fourth-order valence-corrected chi connectivity index (χ4v) is 2.27. The van der Waals surface area contributed by atoms with Crippen molar-refractivity contribution in [2.75, 3.05) is 36.4 Å². The molecule has 2 rings (SSSR count). The summed E-state index contributed by atoms with van der Waals surface area (Å²) < 4.78 is 0. The molecular weight excluding hydrogens is 210 g/mol. The van der Waals surface area contributed by atoms with Gasteiger partial charge in [0, 0.05) is 31.0 Å². The predicted molar refractivity (Wildman–Crippen MR) is 74.7 cm³/mol. The van der Waals surface area contributed by atoms with Gasteiger partial charge in [0.25, 0.3) is 0 Å². The molecule has 1 aliphatic rings. The molecule has 0 aromatic heterocycles. The molecule has 0 aliphatic carbocycles. The Morgan fingerprint density at radius 2 is 1.76 bits per heavy atom. The topological polar surface area (TPSA) is 41.3 Å². The number of hydrogen-bond donors (Lipinski definition) is 2. The minimum atomic E-state index is 0.787. The second kappa shape index (κ2) is 6.50. The van der Waals surface area contributed by atoms with Crippen LogP contribution in [0.1, 0.15) is 25.7 Å². The first kappa shape index (κ1) is 12.2. The lowest BCUT2D eigenvalue weighted by Crippen LogP contribution is -2.17. The van der Waals surface area contributed by atoms with E-state index in [1.54, 1.807) is 0 Å². The van der Waals surface area contributed by atoms with Gasteiger partial charge < -0.3 is 16.0 Å². The minimum Gasteiger partial charge on any atom is -0.385 e. The van der Waals surface area contributed by atoms with E-state index in [1.165, 1.54) is 37.3 Å². The van der Waals surface area contributed by atoms with Gasteiger partial charge in [-0.1, -0.05) is 0 Å². The third kappa shape index (κ3) is 3.63. The molecular formula is C14H23N3. The zero-order valence-corrected chi connectivity index (χ0v) is 10.5. The van der Waals surface area contributed by atoms with Crippen LogP contribution < -0.4 is 16.0 Å². The van der Waals surface area contributed by atoms with Crippen molar-refractivity contribution in [2.24, 2.45) is 5.73 Å². The Morgan fingerprint density at radius 1 is 1.06 bits per heavy atom. The maximum absolute atomic E-state index is 5.46. The molecule has 0 unspecified atom stereocenters. The van der Waals surface area contributed by atoms with E-state index in [2.05, 4.69) is 34.5 Å². The van der Waals surface area contributed by atoms with Gasteiger partial charge in [-0.15, -0.1) is 0 Å². The Balaban J connectivity index is 1.80. The third-order valence-electron chi connectivity index (χ3n) is 3.30. The molecule has 17 heavy (non-hydrogen) atoms. The summed E-state index contributed by atoms with van der Waals surface area (Å²) in [6.07, 6.45) is 4.90.